The fourth-order valence-corrected chi connectivity index (χ4v) is 3.40. The number of thioether (sulfide) groups is 1. The normalized spacial score (nSPS) is 15.1. The molecule has 0 bridgehead atoms. The Bertz CT molecular complexity index is 967. The van der Waals surface area contributed by atoms with Gasteiger partial charge in [0.05, 0.1) is 17.7 Å². The number of halogens is 1. The highest BCUT2D eigenvalue weighted by atomic mass is 35.5. The van der Waals surface area contributed by atoms with E-state index in [4.69, 9.17) is 26.3 Å². The first-order valence-corrected chi connectivity index (χ1v) is 8.94. The lowest BCUT2D eigenvalue weighted by atomic mass is 10.2. The Morgan fingerprint density at radius 2 is 1.93 bits per heavy atom. The molecule has 2 aromatic rings. The largest absolute Gasteiger partial charge is 0.493 e. The number of methoxy groups -OCH3 is 1. The van der Waals surface area contributed by atoms with E-state index in [-0.39, 0.29) is 11.8 Å². The van der Waals surface area contributed by atoms with Crippen LogP contribution in [0, 0.1) is 11.3 Å². The number of carbonyl (C=O) groups excluding carboxylic acids is 2. The van der Waals surface area contributed by atoms with Crippen molar-refractivity contribution in [3.63, 3.8) is 0 Å². The summed E-state index contributed by atoms with van der Waals surface area (Å²) in [6, 6.07) is 13.4. The summed E-state index contributed by atoms with van der Waals surface area (Å²) >= 11 is 6.71. The van der Waals surface area contributed by atoms with Gasteiger partial charge in [0.25, 0.3) is 11.1 Å². The molecule has 0 atom stereocenters. The molecule has 0 saturated carbocycles. The second kappa shape index (κ2) is 8.16. The van der Waals surface area contributed by atoms with Crippen LogP contribution in [0.4, 0.5) is 10.5 Å². The average molecular weight is 401 g/mol. The fourth-order valence-electron chi connectivity index (χ4n) is 2.44. The highest BCUT2D eigenvalue weighted by molar-refractivity contribution is 8.19. The summed E-state index contributed by atoms with van der Waals surface area (Å²) in [6.07, 6.45) is 1.61. The van der Waals surface area contributed by atoms with Gasteiger partial charge in [-0.05, 0) is 59.8 Å². The summed E-state index contributed by atoms with van der Waals surface area (Å²) in [7, 11) is 1.48. The van der Waals surface area contributed by atoms with Gasteiger partial charge in [0, 0.05) is 5.02 Å². The summed E-state index contributed by atoms with van der Waals surface area (Å²) in [5.74, 6) is 0.442. The molecular formula is C19H13ClN2O4S. The van der Waals surface area contributed by atoms with Crippen LogP contribution in [0.2, 0.25) is 5.02 Å². The molecule has 6 nitrogen and oxygen atoms in total. The summed E-state index contributed by atoms with van der Waals surface area (Å²) in [4.78, 5) is 26.3. The zero-order valence-electron chi connectivity index (χ0n) is 14.1. The Kier molecular flexibility index (Phi) is 5.69. The van der Waals surface area contributed by atoms with Crippen molar-refractivity contribution in [2.45, 2.75) is 0 Å². The summed E-state index contributed by atoms with van der Waals surface area (Å²) in [5, 5.41) is 8.75. The number of rotatable bonds is 5. The van der Waals surface area contributed by atoms with Crippen molar-refractivity contribution in [2.75, 3.05) is 18.6 Å². The van der Waals surface area contributed by atoms with Gasteiger partial charge < -0.3 is 9.47 Å². The van der Waals surface area contributed by atoms with Crippen LogP contribution in [0.1, 0.15) is 5.56 Å². The topological polar surface area (TPSA) is 79.6 Å². The standard InChI is InChI=1S/C19H13ClN2O4S/c1-25-16-10-12(2-7-15(16)26-9-8-21)11-17-18(23)22(19(24)27-17)14-5-3-13(20)4-6-14/h2-7,10-11H,9H2,1H3/b17-11-. The Morgan fingerprint density at radius 1 is 1.19 bits per heavy atom. The summed E-state index contributed by atoms with van der Waals surface area (Å²) < 4.78 is 10.5. The van der Waals surface area contributed by atoms with Crippen LogP contribution in [0.25, 0.3) is 6.08 Å². The molecule has 0 aliphatic carbocycles. The molecular weight excluding hydrogens is 388 g/mol. The number of nitrogens with zero attached hydrogens (tertiary/aromatic N) is 2. The molecule has 1 heterocycles. The van der Waals surface area contributed by atoms with E-state index in [0.29, 0.717) is 32.7 Å². The van der Waals surface area contributed by atoms with E-state index in [1.54, 1.807) is 48.5 Å². The van der Waals surface area contributed by atoms with Gasteiger partial charge in [-0.2, -0.15) is 5.26 Å². The van der Waals surface area contributed by atoms with Crippen LogP contribution in [-0.2, 0) is 4.79 Å². The number of benzene rings is 2. The highest BCUT2D eigenvalue weighted by Crippen LogP contribution is 2.37. The fraction of sp³-hybridized carbons (Fsp3) is 0.105. The smallest absolute Gasteiger partial charge is 0.298 e. The van der Waals surface area contributed by atoms with E-state index in [1.807, 2.05) is 6.07 Å². The first kappa shape index (κ1) is 18.8. The zero-order chi connectivity index (χ0) is 19.4. The molecule has 1 aliphatic rings. The van der Waals surface area contributed by atoms with E-state index in [2.05, 4.69) is 0 Å². The van der Waals surface area contributed by atoms with E-state index < -0.39 is 5.91 Å². The van der Waals surface area contributed by atoms with Crippen LogP contribution in [-0.4, -0.2) is 24.9 Å². The molecule has 8 heteroatoms. The minimum atomic E-state index is -0.406. The Morgan fingerprint density at radius 3 is 2.59 bits per heavy atom. The monoisotopic (exact) mass is 400 g/mol. The van der Waals surface area contributed by atoms with Gasteiger partial charge in [0.15, 0.2) is 18.1 Å². The first-order chi connectivity index (χ1) is 13.0. The lowest BCUT2D eigenvalue weighted by Gasteiger charge is -2.12. The van der Waals surface area contributed by atoms with E-state index in [0.717, 1.165) is 16.7 Å². The number of anilines is 1. The van der Waals surface area contributed by atoms with Crippen LogP contribution in [0.3, 0.4) is 0 Å². The van der Waals surface area contributed by atoms with Crippen LogP contribution in [0.15, 0.2) is 47.4 Å². The quantitative estimate of drug-likeness (QED) is 0.688. The van der Waals surface area contributed by atoms with Crippen molar-refractivity contribution >= 4 is 46.3 Å². The van der Waals surface area contributed by atoms with Crippen molar-refractivity contribution in [3.8, 4) is 17.6 Å². The van der Waals surface area contributed by atoms with E-state index in [1.165, 1.54) is 7.11 Å². The minimum absolute atomic E-state index is 0.102. The maximum Gasteiger partial charge on any atom is 0.298 e. The lowest BCUT2D eigenvalue weighted by molar-refractivity contribution is -0.113. The van der Waals surface area contributed by atoms with Crippen molar-refractivity contribution in [3.05, 3.63) is 58.0 Å². The number of amides is 2. The lowest BCUT2D eigenvalue weighted by Crippen LogP contribution is -2.27. The number of carbonyl (C=O) groups is 2. The van der Waals surface area contributed by atoms with E-state index >= 15 is 0 Å². The number of ether oxygens (including phenoxy) is 2. The maximum atomic E-state index is 12.7. The molecule has 0 unspecified atom stereocenters. The first-order valence-electron chi connectivity index (χ1n) is 7.75. The van der Waals surface area contributed by atoms with Gasteiger partial charge in [0.1, 0.15) is 6.07 Å². The van der Waals surface area contributed by atoms with Gasteiger partial charge in [-0.1, -0.05) is 17.7 Å². The third kappa shape index (κ3) is 4.08. The van der Waals surface area contributed by atoms with Crippen LogP contribution >= 0.6 is 23.4 Å². The Labute approximate surface area is 164 Å². The summed E-state index contributed by atoms with van der Waals surface area (Å²) in [5.41, 5.74) is 1.13. The molecule has 3 rings (SSSR count). The Hall–Kier alpha value is -2.95. The average Bonchev–Trinajstić information content (AvgIpc) is 2.94. The van der Waals surface area contributed by atoms with Gasteiger partial charge in [-0.3, -0.25) is 9.59 Å². The van der Waals surface area contributed by atoms with Crippen LogP contribution < -0.4 is 14.4 Å². The van der Waals surface area contributed by atoms with Gasteiger partial charge in [0.2, 0.25) is 0 Å². The second-order valence-electron chi connectivity index (χ2n) is 5.35. The molecule has 1 aliphatic heterocycles. The molecule has 136 valence electrons. The molecule has 0 spiro atoms. The maximum absolute atomic E-state index is 12.7. The molecule has 0 radical (unpaired) electrons. The van der Waals surface area contributed by atoms with Gasteiger partial charge >= 0.3 is 0 Å². The molecule has 27 heavy (non-hydrogen) atoms. The molecule has 1 fully saturated rings. The van der Waals surface area contributed by atoms with E-state index in [9.17, 15) is 9.59 Å². The molecule has 1 saturated heterocycles. The van der Waals surface area contributed by atoms with Gasteiger partial charge in [-0.25, -0.2) is 4.90 Å². The second-order valence-corrected chi connectivity index (χ2v) is 6.78. The number of hydrogen-bond acceptors (Lipinski definition) is 6. The molecule has 0 aromatic heterocycles. The third-order valence-corrected chi connectivity index (χ3v) is 4.78. The SMILES string of the molecule is COc1cc(/C=C2\SC(=O)N(c3ccc(Cl)cc3)C2=O)ccc1OCC#N. The molecule has 0 N–H and O–H groups in total. The number of imide groups is 1. The van der Waals surface area contributed by atoms with Crippen molar-refractivity contribution in [1.82, 2.24) is 0 Å². The predicted octanol–water partition coefficient (Wildman–Crippen LogP) is 4.49. The zero-order valence-corrected chi connectivity index (χ0v) is 15.7. The van der Waals surface area contributed by atoms with Crippen LogP contribution in [0.5, 0.6) is 11.5 Å². The third-order valence-electron chi connectivity index (χ3n) is 3.66. The number of hydrogen-bond donors (Lipinski definition) is 0. The number of nitriles is 1. The predicted molar refractivity (Wildman–Crippen MR) is 104 cm³/mol. The molecule has 2 amide bonds. The van der Waals surface area contributed by atoms with Gasteiger partial charge in [-0.15, -0.1) is 0 Å². The Balaban J connectivity index is 1.87. The molecule has 2 aromatic carbocycles. The highest BCUT2D eigenvalue weighted by Gasteiger charge is 2.36. The minimum Gasteiger partial charge on any atom is -0.493 e. The van der Waals surface area contributed by atoms with Crippen molar-refractivity contribution < 1.29 is 19.1 Å². The van der Waals surface area contributed by atoms with Crippen molar-refractivity contribution in [2.24, 2.45) is 0 Å². The summed E-state index contributed by atoms with van der Waals surface area (Å²) in [6.45, 7) is -0.102. The van der Waals surface area contributed by atoms with Crippen molar-refractivity contribution in [1.29, 1.82) is 5.26 Å².